The monoisotopic (exact) mass is 469 g/mol. The molecule has 2 bridgehead atoms. The molecule has 34 heavy (non-hydrogen) atoms. The van der Waals surface area contributed by atoms with E-state index in [1.54, 1.807) is 0 Å². The summed E-state index contributed by atoms with van der Waals surface area (Å²) in [5.74, 6) is 2.43. The molecule has 0 aromatic rings. The molecule has 6 aliphatic rings. The van der Waals surface area contributed by atoms with Crippen LogP contribution >= 0.6 is 0 Å². The van der Waals surface area contributed by atoms with Crippen molar-refractivity contribution in [2.24, 2.45) is 61.3 Å². The number of nitrogens with zero attached hydrogens (tertiary/aromatic N) is 1. The van der Waals surface area contributed by atoms with Crippen LogP contribution in [0.4, 0.5) is 0 Å². The van der Waals surface area contributed by atoms with Crippen LogP contribution in [-0.2, 0) is 9.53 Å². The SMILES string of the molecule is CC1(C)CCC23CC[C@]4(C)C(CCC5[C@@]6(C)C/C(=N\O)C(=O)C(C)(C)C6CC[C@]54C)C2C1OC3. The van der Waals surface area contributed by atoms with Crippen LogP contribution in [0.25, 0.3) is 0 Å². The van der Waals surface area contributed by atoms with E-state index in [2.05, 4.69) is 53.6 Å². The lowest BCUT2D eigenvalue weighted by Gasteiger charge is -2.72. The number of oxime groups is 1. The second-order valence-electron chi connectivity index (χ2n) is 15.6. The molecule has 9 atom stereocenters. The van der Waals surface area contributed by atoms with Crippen LogP contribution in [0, 0.1) is 56.2 Å². The van der Waals surface area contributed by atoms with E-state index in [-0.39, 0.29) is 22.0 Å². The Morgan fingerprint density at radius 2 is 1.56 bits per heavy atom. The van der Waals surface area contributed by atoms with E-state index in [0.29, 0.717) is 46.8 Å². The zero-order valence-electron chi connectivity index (χ0n) is 22.7. The third-order valence-corrected chi connectivity index (χ3v) is 13.8. The van der Waals surface area contributed by atoms with E-state index in [1.165, 1.54) is 44.9 Å². The number of carbonyl (C=O) groups excluding carboxylic acids is 1. The van der Waals surface area contributed by atoms with Crippen LogP contribution in [0.5, 0.6) is 0 Å². The van der Waals surface area contributed by atoms with Gasteiger partial charge in [-0.05, 0) is 102 Å². The molecule has 4 nitrogen and oxygen atoms in total. The number of ketones is 1. The lowest BCUT2D eigenvalue weighted by Crippen LogP contribution is -2.68. The van der Waals surface area contributed by atoms with Crippen molar-refractivity contribution in [2.75, 3.05) is 6.61 Å². The highest BCUT2D eigenvalue weighted by molar-refractivity contribution is 6.42. The van der Waals surface area contributed by atoms with Gasteiger partial charge in [-0.2, -0.15) is 0 Å². The predicted octanol–water partition coefficient (Wildman–Crippen LogP) is 6.89. The van der Waals surface area contributed by atoms with Crippen molar-refractivity contribution < 1.29 is 14.7 Å². The molecule has 5 aliphatic carbocycles. The minimum Gasteiger partial charge on any atom is -0.411 e. The molecule has 1 N–H and O–H groups in total. The molecule has 1 aliphatic heterocycles. The maximum absolute atomic E-state index is 13.2. The third kappa shape index (κ3) is 2.50. The van der Waals surface area contributed by atoms with Gasteiger partial charge in [-0.1, -0.05) is 53.6 Å². The normalized spacial score (nSPS) is 56.3. The largest absolute Gasteiger partial charge is 0.411 e. The van der Waals surface area contributed by atoms with Gasteiger partial charge in [0.1, 0.15) is 5.71 Å². The molecular weight excluding hydrogens is 422 g/mol. The molecule has 0 spiro atoms. The number of rotatable bonds is 0. The molecule has 4 heteroatoms. The van der Waals surface area contributed by atoms with Gasteiger partial charge >= 0.3 is 0 Å². The van der Waals surface area contributed by atoms with Crippen LogP contribution in [0.1, 0.15) is 106 Å². The van der Waals surface area contributed by atoms with Crippen LogP contribution < -0.4 is 0 Å². The second kappa shape index (κ2) is 6.69. The summed E-state index contributed by atoms with van der Waals surface area (Å²) >= 11 is 0. The minimum atomic E-state index is -0.454. The van der Waals surface area contributed by atoms with Crippen LogP contribution in [0.2, 0.25) is 0 Å². The van der Waals surface area contributed by atoms with Gasteiger partial charge in [0.05, 0.1) is 12.7 Å². The van der Waals surface area contributed by atoms with Crippen LogP contribution in [0.15, 0.2) is 5.16 Å². The van der Waals surface area contributed by atoms with E-state index in [4.69, 9.17) is 4.74 Å². The van der Waals surface area contributed by atoms with Crippen molar-refractivity contribution in [1.29, 1.82) is 0 Å². The summed E-state index contributed by atoms with van der Waals surface area (Å²) in [6.07, 6.45) is 11.2. The molecule has 6 rings (SSSR count). The Kier molecular flexibility index (Phi) is 4.63. The van der Waals surface area contributed by atoms with Crippen molar-refractivity contribution in [3.63, 3.8) is 0 Å². The van der Waals surface area contributed by atoms with Crippen molar-refractivity contribution in [3.05, 3.63) is 0 Å². The minimum absolute atomic E-state index is 0.0103. The maximum Gasteiger partial charge on any atom is 0.186 e. The first-order chi connectivity index (χ1) is 15.8. The average Bonchev–Trinajstić information content (AvgIpc) is 3.10. The van der Waals surface area contributed by atoms with Gasteiger partial charge in [0.2, 0.25) is 0 Å². The first-order valence-electron chi connectivity index (χ1n) is 14.1. The van der Waals surface area contributed by atoms with Crippen LogP contribution in [-0.4, -0.2) is 29.4 Å². The summed E-state index contributed by atoms with van der Waals surface area (Å²) < 4.78 is 6.69. The second-order valence-corrected chi connectivity index (χ2v) is 15.6. The van der Waals surface area contributed by atoms with Gasteiger partial charge in [-0.25, -0.2) is 0 Å². The standard InChI is InChI=1S/C30H47NO3/c1-25(2)12-14-30-15-13-28(6)18(22(30)24(25)34-17-30)8-9-21-27(5)16-19(31-33)23(32)26(3,4)20(27)10-11-29(21,28)7/h18,20-22,24,33H,8-17H2,1-7H3/b31-19+/t18?,20?,21?,22?,24?,27-,28+,29+,30?/m0/s1. The molecule has 0 aromatic heterocycles. The zero-order chi connectivity index (χ0) is 24.5. The van der Waals surface area contributed by atoms with Crippen molar-refractivity contribution in [1.82, 2.24) is 0 Å². The smallest absolute Gasteiger partial charge is 0.186 e. The Balaban J connectivity index is 1.42. The quantitative estimate of drug-likeness (QED) is 0.310. The van der Waals surface area contributed by atoms with Crippen molar-refractivity contribution in [2.45, 2.75) is 112 Å². The topological polar surface area (TPSA) is 58.9 Å². The number of fused-ring (bicyclic) bond motifs is 5. The van der Waals surface area contributed by atoms with E-state index in [9.17, 15) is 10.0 Å². The molecule has 1 heterocycles. The highest BCUT2D eigenvalue weighted by atomic mass is 16.5. The Bertz CT molecular complexity index is 953. The summed E-state index contributed by atoms with van der Waals surface area (Å²) in [5.41, 5.74) is 1.24. The number of carbonyl (C=O) groups is 1. The van der Waals surface area contributed by atoms with Gasteiger partial charge < -0.3 is 9.94 Å². The van der Waals surface area contributed by atoms with Gasteiger partial charge in [0.15, 0.2) is 5.78 Å². The fraction of sp³-hybridized carbons (Fsp3) is 0.933. The molecule has 0 radical (unpaired) electrons. The number of hydrogen-bond donors (Lipinski definition) is 1. The molecule has 0 amide bonds. The Labute approximate surface area is 206 Å². The highest BCUT2D eigenvalue weighted by Crippen LogP contribution is 2.77. The van der Waals surface area contributed by atoms with E-state index >= 15 is 0 Å². The summed E-state index contributed by atoms with van der Waals surface area (Å²) in [7, 11) is 0. The van der Waals surface area contributed by atoms with Gasteiger partial charge in [-0.15, -0.1) is 0 Å². The van der Waals surface area contributed by atoms with Crippen LogP contribution in [0.3, 0.4) is 0 Å². The first-order valence-corrected chi connectivity index (χ1v) is 14.1. The summed E-state index contributed by atoms with van der Waals surface area (Å²) in [6, 6.07) is 0. The zero-order valence-corrected chi connectivity index (χ0v) is 22.7. The number of hydrogen-bond acceptors (Lipinski definition) is 4. The fourth-order valence-electron chi connectivity index (χ4n) is 11.8. The van der Waals surface area contributed by atoms with Crippen molar-refractivity contribution >= 4 is 11.5 Å². The predicted molar refractivity (Wildman–Crippen MR) is 134 cm³/mol. The lowest BCUT2D eigenvalue weighted by atomic mass is 9.31. The fourth-order valence-corrected chi connectivity index (χ4v) is 11.8. The van der Waals surface area contributed by atoms with Crippen molar-refractivity contribution in [3.8, 4) is 0 Å². The molecule has 6 unspecified atom stereocenters. The highest BCUT2D eigenvalue weighted by Gasteiger charge is 2.73. The molecule has 0 aromatic carbocycles. The summed E-state index contributed by atoms with van der Waals surface area (Å²) in [4.78, 5) is 13.2. The Morgan fingerprint density at radius 3 is 2.26 bits per heavy atom. The number of Topliss-reactive ketones (excluding diaryl/α,β-unsaturated/α-hetero) is 1. The van der Waals surface area contributed by atoms with Gasteiger partial charge in [0.25, 0.3) is 0 Å². The summed E-state index contributed by atoms with van der Waals surface area (Å²) in [6.45, 7) is 17.9. The average molecular weight is 470 g/mol. The van der Waals surface area contributed by atoms with Gasteiger partial charge in [-0.3, -0.25) is 4.79 Å². The van der Waals surface area contributed by atoms with E-state index < -0.39 is 5.41 Å². The van der Waals surface area contributed by atoms with Gasteiger partial charge in [0, 0.05) is 11.8 Å². The maximum atomic E-state index is 13.2. The summed E-state index contributed by atoms with van der Waals surface area (Å²) in [5, 5.41) is 13.4. The Morgan fingerprint density at radius 1 is 0.853 bits per heavy atom. The lowest BCUT2D eigenvalue weighted by molar-refractivity contribution is -0.234. The molecule has 5 saturated carbocycles. The van der Waals surface area contributed by atoms with E-state index in [1.807, 2.05) is 0 Å². The molecule has 190 valence electrons. The first kappa shape index (κ1) is 23.5. The Hall–Kier alpha value is -0.900. The molecule has 6 fully saturated rings. The number of ether oxygens (including phenoxy) is 1. The third-order valence-electron chi connectivity index (χ3n) is 13.8. The van der Waals surface area contributed by atoms with E-state index in [0.717, 1.165) is 18.9 Å². The molecular formula is C30H47NO3. The molecule has 1 saturated heterocycles.